The van der Waals surface area contributed by atoms with E-state index in [1.807, 2.05) is 0 Å². The number of hydrogen-bond acceptors (Lipinski definition) is 3. The normalized spacial score (nSPS) is 11.6. The molecule has 3 nitrogen and oxygen atoms in total. The summed E-state index contributed by atoms with van der Waals surface area (Å²) in [6.07, 6.45) is 0. The van der Waals surface area contributed by atoms with Crippen LogP contribution in [-0.2, 0) is 15.6 Å². The highest BCUT2D eigenvalue weighted by Gasteiger charge is 2.21. The highest BCUT2D eigenvalue weighted by Crippen LogP contribution is 2.28. The van der Waals surface area contributed by atoms with Gasteiger partial charge in [0.05, 0.1) is 21.4 Å². The van der Waals surface area contributed by atoms with Crippen LogP contribution in [0, 0.1) is 5.82 Å². The van der Waals surface area contributed by atoms with Gasteiger partial charge in [-0.3, -0.25) is 0 Å². The molecule has 0 bridgehead atoms. The molecular weight excluding hydrogens is 324 g/mol. The smallest absolute Gasteiger partial charge is 0.184 e. The third-order valence-electron chi connectivity index (χ3n) is 2.69. The second kappa shape index (κ2) is 5.60. The molecule has 2 rings (SSSR count). The van der Waals surface area contributed by atoms with Crippen molar-refractivity contribution < 1.29 is 12.8 Å². The van der Waals surface area contributed by atoms with Crippen molar-refractivity contribution >= 4 is 38.7 Å². The summed E-state index contributed by atoms with van der Waals surface area (Å²) in [7, 11) is -3.77. The van der Waals surface area contributed by atoms with E-state index >= 15 is 0 Å². The molecule has 0 fully saturated rings. The van der Waals surface area contributed by atoms with Gasteiger partial charge in [-0.05, 0) is 29.8 Å². The van der Waals surface area contributed by atoms with Crippen molar-refractivity contribution in [1.29, 1.82) is 0 Å². The lowest BCUT2D eigenvalue weighted by molar-refractivity contribution is 0.595. The lowest BCUT2D eigenvalue weighted by Gasteiger charge is -2.09. The van der Waals surface area contributed by atoms with Gasteiger partial charge in [0.25, 0.3) is 0 Å². The van der Waals surface area contributed by atoms with E-state index < -0.39 is 21.4 Å². The summed E-state index contributed by atoms with van der Waals surface area (Å²) in [5.41, 5.74) is 5.91. The molecule has 0 heterocycles. The number of sulfone groups is 1. The van der Waals surface area contributed by atoms with Gasteiger partial charge in [0.15, 0.2) is 9.84 Å². The maximum Gasteiger partial charge on any atom is 0.184 e. The standard InChI is InChI=1S/C13H10Cl2FNO2S/c14-9-4-5-11(17)12(6-9)20(18,19)7-8-2-1-3-10(16)13(8)15/h1-6H,7,17H2. The van der Waals surface area contributed by atoms with Crippen molar-refractivity contribution in [1.82, 2.24) is 0 Å². The fourth-order valence-corrected chi connectivity index (χ4v) is 3.77. The Morgan fingerprint density at radius 3 is 2.55 bits per heavy atom. The van der Waals surface area contributed by atoms with Crippen LogP contribution < -0.4 is 5.73 Å². The molecule has 0 spiro atoms. The zero-order valence-electron chi connectivity index (χ0n) is 10.1. The number of hydrogen-bond donors (Lipinski definition) is 1. The number of nitrogens with two attached hydrogens (primary N) is 1. The van der Waals surface area contributed by atoms with Crippen molar-refractivity contribution in [2.24, 2.45) is 0 Å². The lowest BCUT2D eigenvalue weighted by atomic mass is 10.2. The fourth-order valence-electron chi connectivity index (χ4n) is 1.72. The van der Waals surface area contributed by atoms with E-state index in [1.54, 1.807) is 0 Å². The molecule has 0 unspecified atom stereocenters. The molecule has 2 aromatic rings. The van der Waals surface area contributed by atoms with Gasteiger partial charge in [-0.25, -0.2) is 12.8 Å². The highest BCUT2D eigenvalue weighted by atomic mass is 35.5. The Labute approximate surface area is 126 Å². The number of rotatable bonds is 3. The van der Waals surface area contributed by atoms with Crippen molar-refractivity contribution in [2.75, 3.05) is 5.73 Å². The van der Waals surface area contributed by atoms with Crippen molar-refractivity contribution in [3.05, 3.63) is 57.8 Å². The van der Waals surface area contributed by atoms with Crippen LogP contribution in [0.25, 0.3) is 0 Å². The molecule has 2 aromatic carbocycles. The Kier molecular flexibility index (Phi) is 4.22. The molecule has 0 aliphatic heterocycles. The minimum Gasteiger partial charge on any atom is -0.398 e. The predicted octanol–water partition coefficient (Wildman–Crippen LogP) is 3.69. The summed E-state index contributed by atoms with van der Waals surface area (Å²) in [5.74, 6) is -1.12. The van der Waals surface area contributed by atoms with Crippen LogP contribution in [0.2, 0.25) is 10.0 Å². The number of anilines is 1. The number of nitrogen functional groups attached to an aromatic ring is 1. The first-order valence-electron chi connectivity index (χ1n) is 5.52. The first kappa shape index (κ1) is 15.1. The Hall–Kier alpha value is -1.30. The summed E-state index contributed by atoms with van der Waals surface area (Å²) < 4.78 is 38.0. The van der Waals surface area contributed by atoms with E-state index in [-0.39, 0.29) is 26.2 Å². The molecule has 2 N–H and O–H groups in total. The molecule has 106 valence electrons. The zero-order chi connectivity index (χ0) is 14.9. The molecule has 0 aliphatic rings. The van der Waals surface area contributed by atoms with Gasteiger partial charge >= 0.3 is 0 Å². The number of halogens is 3. The maximum absolute atomic E-state index is 13.3. The lowest BCUT2D eigenvalue weighted by Crippen LogP contribution is -2.08. The summed E-state index contributed by atoms with van der Waals surface area (Å²) >= 11 is 11.5. The van der Waals surface area contributed by atoms with E-state index in [2.05, 4.69) is 0 Å². The Morgan fingerprint density at radius 1 is 1.15 bits per heavy atom. The molecule has 0 aromatic heterocycles. The molecule has 7 heteroatoms. The second-order valence-corrected chi connectivity index (χ2v) is 6.93. The minimum atomic E-state index is -3.77. The molecule has 0 saturated carbocycles. The molecule has 0 radical (unpaired) electrons. The molecule has 0 amide bonds. The van der Waals surface area contributed by atoms with Gasteiger partial charge < -0.3 is 5.73 Å². The molecular formula is C13H10Cl2FNO2S. The Morgan fingerprint density at radius 2 is 1.85 bits per heavy atom. The average Bonchev–Trinajstić information content (AvgIpc) is 2.37. The van der Waals surface area contributed by atoms with Gasteiger partial charge in [0.1, 0.15) is 5.82 Å². The van der Waals surface area contributed by atoms with E-state index in [0.717, 1.165) is 6.07 Å². The summed E-state index contributed by atoms with van der Waals surface area (Å²) in [5, 5.41) is 0.0415. The fraction of sp³-hybridized carbons (Fsp3) is 0.0769. The van der Waals surface area contributed by atoms with Crippen LogP contribution in [0.5, 0.6) is 0 Å². The van der Waals surface area contributed by atoms with E-state index in [0.29, 0.717) is 0 Å². The number of benzene rings is 2. The van der Waals surface area contributed by atoms with Crippen molar-refractivity contribution in [2.45, 2.75) is 10.6 Å². The largest absolute Gasteiger partial charge is 0.398 e. The first-order chi connectivity index (χ1) is 9.31. The van der Waals surface area contributed by atoms with Crippen LogP contribution in [-0.4, -0.2) is 8.42 Å². The van der Waals surface area contributed by atoms with Crippen LogP contribution >= 0.6 is 23.2 Å². The topological polar surface area (TPSA) is 60.2 Å². The maximum atomic E-state index is 13.3. The van der Waals surface area contributed by atoms with Gasteiger partial charge in [-0.2, -0.15) is 0 Å². The van der Waals surface area contributed by atoms with Crippen LogP contribution in [0.3, 0.4) is 0 Å². The van der Waals surface area contributed by atoms with Gasteiger partial charge in [0, 0.05) is 5.02 Å². The van der Waals surface area contributed by atoms with E-state index in [4.69, 9.17) is 28.9 Å². The Bertz CT molecular complexity index is 763. The predicted molar refractivity (Wildman–Crippen MR) is 78.2 cm³/mol. The highest BCUT2D eigenvalue weighted by molar-refractivity contribution is 7.90. The first-order valence-corrected chi connectivity index (χ1v) is 7.93. The summed E-state index contributed by atoms with van der Waals surface area (Å²) in [6.45, 7) is 0. The van der Waals surface area contributed by atoms with Crippen LogP contribution in [0.4, 0.5) is 10.1 Å². The molecule has 0 aliphatic carbocycles. The van der Waals surface area contributed by atoms with Gasteiger partial charge in [-0.15, -0.1) is 0 Å². The van der Waals surface area contributed by atoms with Gasteiger partial charge in [-0.1, -0.05) is 35.3 Å². The van der Waals surface area contributed by atoms with Crippen LogP contribution in [0.1, 0.15) is 5.56 Å². The van der Waals surface area contributed by atoms with Crippen molar-refractivity contribution in [3.8, 4) is 0 Å². The second-order valence-electron chi connectivity index (χ2n) is 4.15. The molecule has 0 saturated heterocycles. The van der Waals surface area contributed by atoms with E-state index in [9.17, 15) is 12.8 Å². The zero-order valence-corrected chi connectivity index (χ0v) is 12.4. The summed E-state index contributed by atoms with van der Waals surface area (Å²) in [4.78, 5) is -0.0923. The quantitative estimate of drug-likeness (QED) is 0.871. The van der Waals surface area contributed by atoms with Gasteiger partial charge in [0.2, 0.25) is 0 Å². The minimum absolute atomic E-state index is 0.0851. The SMILES string of the molecule is Nc1ccc(Cl)cc1S(=O)(=O)Cc1cccc(F)c1Cl. The average molecular weight is 334 g/mol. The van der Waals surface area contributed by atoms with Crippen molar-refractivity contribution in [3.63, 3.8) is 0 Å². The summed E-state index contributed by atoms with van der Waals surface area (Å²) in [6, 6.07) is 8.16. The molecule has 0 atom stereocenters. The third-order valence-corrected chi connectivity index (χ3v) is 5.06. The third kappa shape index (κ3) is 3.06. The Balaban J connectivity index is 2.46. The van der Waals surface area contributed by atoms with Crippen LogP contribution in [0.15, 0.2) is 41.3 Å². The monoisotopic (exact) mass is 333 g/mol. The molecule has 20 heavy (non-hydrogen) atoms. The van der Waals surface area contributed by atoms with E-state index in [1.165, 1.54) is 30.3 Å².